The van der Waals surface area contributed by atoms with Crippen LogP contribution in [0.5, 0.6) is 0 Å². The van der Waals surface area contributed by atoms with E-state index in [0.717, 1.165) is 16.5 Å². The zero-order valence-electron chi connectivity index (χ0n) is 11.2. The fourth-order valence-corrected chi connectivity index (χ4v) is 3.10. The third-order valence-electron chi connectivity index (χ3n) is 3.57. The molecule has 1 atom stereocenters. The Morgan fingerprint density at radius 2 is 1.62 bits per heavy atom. The molecule has 0 aliphatic carbocycles. The van der Waals surface area contributed by atoms with Crippen LogP contribution in [-0.4, -0.2) is 0 Å². The van der Waals surface area contributed by atoms with E-state index in [2.05, 4.69) is 29.7 Å². The lowest BCUT2D eigenvalue weighted by Crippen LogP contribution is -2.29. The Hall–Kier alpha value is -1.58. The fraction of sp³-hybridized carbons (Fsp3) is 0.0588. The van der Waals surface area contributed by atoms with Crippen LogP contribution >= 0.6 is 23.2 Å². The molecule has 1 unspecified atom stereocenters. The van der Waals surface area contributed by atoms with Gasteiger partial charge in [0.05, 0.1) is 6.04 Å². The van der Waals surface area contributed by atoms with Gasteiger partial charge in [0.1, 0.15) is 0 Å². The summed E-state index contributed by atoms with van der Waals surface area (Å²) in [5, 5.41) is 3.52. The van der Waals surface area contributed by atoms with E-state index in [1.54, 1.807) is 6.07 Å². The van der Waals surface area contributed by atoms with E-state index in [1.807, 2.05) is 30.3 Å². The van der Waals surface area contributed by atoms with Crippen LogP contribution in [0.2, 0.25) is 10.0 Å². The highest BCUT2D eigenvalue weighted by Crippen LogP contribution is 2.33. The van der Waals surface area contributed by atoms with Crippen molar-refractivity contribution >= 4 is 34.0 Å². The molecule has 0 aliphatic rings. The second-order valence-electron chi connectivity index (χ2n) is 4.83. The van der Waals surface area contributed by atoms with Crippen molar-refractivity contribution in [1.29, 1.82) is 0 Å². The second kappa shape index (κ2) is 6.04. The summed E-state index contributed by atoms with van der Waals surface area (Å²) >= 11 is 12.3. The van der Waals surface area contributed by atoms with Gasteiger partial charge in [-0.15, -0.1) is 0 Å². The molecule has 0 fully saturated rings. The fourth-order valence-electron chi connectivity index (χ4n) is 2.58. The second-order valence-corrected chi connectivity index (χ2v) is 5.68. The van der Waals surface area contributed by atoms with Crippen LogP contribution in [0.15, 0.2) is 60.7 Å². The van der Waals surface area contributed by atoms with Gasteiger partial charge in [-0.05, 0) is 34.0 Å². The van der Waals surface area contributed by atoms with Crippen molar-refractivity contribution in [1.82, 2.24) is 5.43 Å². The third-order valence-corrected chi connectivity index (χ3v) is 4.14. The Labute approximate surface area is 133 Å². The van der Waals surface area contributed by atoms with Crippen molar-refractivity contribution in [2.75, 3.05) is 0 Å². The van der Waals surface area contributed by atoms with Crippen molar-refractivity contribution < 1.29 is 0 Å². The van der Waals surface area contributed by atoms with Crippen LogP contribution in [0, 0.1) is 0 Å². The van der Waals surface area contributed by atoms with E-state index in [0.29, 0.717) is 10.0 Å². The Morgan fingerprint density at radius 1 is 0.857 bits per heavy atom. The normalized spacial score (nSPS) is 12.5. The van der Waals surface area contributed by atoms with E-state index < -0.39 is 0 Å². The first-order valence-corrected chi connectivity index (χ1v) is 7.35. The van der Waals surface area contributed by atoms with Crippen LogP contribution in [0.3, 0.4) is 0 Å². The first kappa shape index (κ1) is 14.4. The highest BCUT2D eigenvalue weighted by Gasteiger charge is 2.17. The van der Waals surface area contributed by atoms with Gasteiger partial charge in [-0.25, -0.2) is 5.43 Å². The summed E-state index contributed by atoms with van der Waals surface area (Å²) in [7, 11) is 0. The molecule has 21 heavy (non-hydrogen) atoms. The Kier molecular flexibility index (Phi) is 4.13. The Bertz CT molecular complexity index is 781. The van der Waals surface area contributed by atoms with E-state index in [-0.39, 0.29) is 6.04 Å². The lowest BCUT2D eigenvalue weighted by atomic mass is 9.94. The van der Waals surface area contributed by atoms with Crippen molar-refractivity contribution in [3.8, 4) is 0 Å². The van der Waals surface area contributed by atoms with E-state index in [9.17, 15) is 0 Å². The maximum atomic E-state index is 6.32. The molecule has 3 N–H and O–H groups in total. The van der Waals surface area contributed by atoms with Gasteiger partial charge < -0.3 is 0 Å². The van der Waals surface area contributed by atoms with Crippen molar-refractivity contribution in [3.05, 3.63) is 81.8 Å². The SMILES string of the molecule is NNC(c1ccc(Cl)cc1Cl)c1cccc2ccccc12. The van der Waals surface area contributed by atoms with E-state index >= 15 is 0 Å². The van der Waals surface area contributed by atoms with Crippen molar-refractivity contribution in [2.24, 2.45) is 5.84 Å². The third kappa shape index (κ3) is 2.76. The number of nitrogens with one attached hydrogen (secondary N) is 1. The molecule has 0 bridgehead atoms. The molecule has 3 aromatic rings. The molecule has 106 valence electrons. The number of hydrogen-bond donors (Lipinski definition) is 2. The molecule has 0 amide bonds. The predicted octanol–water partition coefficient (Wildman–Crippen LogP) is 4.70. The molecule has 0 aliphatic heterocycles. The summed E-state index contributed by atoms with van der Waals surface area (Å²) in [6.07, 6.45) is 0. The van der Waals surface area contributed by atoms with Gasteiger partial charge in [-0.1, -0.05) is 71.7 Å². The number of rotatable bonds is 3. The summed E-state index contributed by atoms with van der Waals surface area (Å²) in [4.78, 5) is 0. The standard InChI is InChI=1S/C17H14Cl2N2/c18-12-8-9-15(16(19)10-12)17(21-20)14-7-3-5-11-4-1-2-6-13(11)14/h1-10,17,21H,20H2. The van der Waals surface area contributed by atoms with Crippen LogP contribution in [0.25, 0.3) is 10.8 Å². The molecule has 0 radical (unpaired) electrons. The molecule has 4 heteroatoms. The van der Waals surface area contributed by atoms with Gasteiger partial charge in [0.2, 0.25) is 0 Å². The Balaban J connectivity index is 2.18. The van der Waals surface area contributed by atoms with Crippen molar-refractivity contribution in [2.45, 2.75) is 6.04 Å². The zero-order valence-corrected chi connectivity index (χ0v) is 12.7. The predicted molar refractivity (Wildman–Crippen MR) is 89.6 cm³/mol. The van der Waals surface area contributed by atoms with Crippen LogP contribution in [-0.2, 0) is 0 Å². The van der Waals surface area contributed by atoms with Crippen molar-refractivity contribution in [3.63, 3.8) is 0 Å². The van der Waals surface area contributed by atoms with Crippen LogP contribution in [0.1, 0.15) is 17.2 Å². The highest BCUT2D eigenvalue weighted by atomic mass is 35.5. The molecule has 0 spiro atoms. The minimum absolute atomic E-state index is 0.194. The number of hydrazine groups is 1. The molecular formula is C17H14Cl2N2. The number of nitrogens with two attached hydrogens (primary N) is 1. The van der Waals surface area contributed by atoms with Gasteiger partial charge in [0.15, 0.2) is 0 Å². The van der Waals surface area contributed by atoms with E-state index in [4.69, 9.17) is 29.0 Å². The number of hydrogen-bond acceptors (Lipinski definition) is 2. The summed E-state index contributed by atoms with van der Waals surface area (Å²) in [6.45, 7) is 0. The summed E-state index contributed by atoms with van der Waals surface area (Å²) in [6, 6.07) is 19.6. The monoisotopic (exact) mass is 316 g/mol. The van der Waals surface area contributed by atoms with Gasteiger partial charge in [0, 0.05) is 10.0 Å². The quantitative estimate of drug-likeness (QED) is 0.543. The molecular weight excluding hydrogens is 303 g/mol. The molecule has 3 aromatic carbocycles. The number of halogens is 2. The molecule has 2 nitrogen and oxygen atoms in total. The lowest BCUT2D eigenvalue weighted by Gasteiger charge is -2.20. The maximum Gasteiger partial charge on any atom is 0.0730 e. The average molecular weight is 317 g/mol. The molecule has 0 saturated heterocycles. The molecule has 3 rings (SSSR count). The van der Waals surface area contributed by atoms with Crippen LogP contribution < -0.4 is 11.3 Å². The maximum absolute atomic E-state index is 6.32. The van der Waals surface area contributed by atoms with Crippen LogP contribution in [0.4, 0.5) is 0 Å². The topological polar surface area (TPSA) is 38.0 Å². The van der Waals surface area contributed by atoms with Gasteiger partial charge in [0.25, 0.3) is 0 Å². The highest BCUT2D eigenvalue weighted by molar-refractivity contribution is 6.35. The van der Waals surface area contributed by atoms with Gasteiger partial charge >= 0.3 is 0 Å². The summed E-state index contributed by atoms with van der Waals surface area (Å²) in [5.41, 5.74) is 4.85. The molecule has 0 saturated carbocycles. The first-order valence-electron chi connectivity index (χ1n) is 6.59. The van der Waals surface area contributed by atoms with Gasteiger partial charge in [-0.2, -0.15) is 0 Å². The minimum Gasteiger partial charge on any atom is -0.271 e. The summed E-state index contributed by atoms with van der Waals surface area (Å²) in [5.74, 6) is 5.79. The average Bonchev–Trinajstić information content (AvgIpc) is 2.50. The van der Waals surface area contributed by atoms with Gasteiger partial charge in [-0.3, -0.25) is 5.84 Å². The molecule has 0 aromatic heterocycles. The largest absolute Gasteiger partial charge is 0.271 e. The number of benzene rings is 3. The first-order chi connectivity index (χ1) is 10.2. The Morgan fingerprint density at radius 3 is 2.38 bits per heavy atom. The zero-order chi connectivity index (χ0) is 14.8. The smallest absolute Gasteiger partial charge is 0.0730 e. The minimum atomic E-state index is -0.194. The lowest BCUT2D eigenvalue weighted by molar-refractivity contribution is 0.641. The van der Waals surface area contributed by atoms with E-state index in [1.165, 1.54) is 5.39 Å². The number of fused-ring (bicyclic) bond motifs is 1. The molecule has 0 heterocycles. The summed E-state index contributed by atoms with van der Waals surface area (Å²) < 4.78 is 0.